The molecule has 1 fully saturated rings. The van der Waals surface area contributed by atoms with Gasteiger partial charge in [0.25, 0.3) is 0 Å². The van der Waals surface area contributed by atoms with Gasteiger partial charge in [0.1, 0.15) is 11.2 Å². The number of hydrogen-bond donors (Lipinski definition) is 1. The van der Waals surface area contributed by atoms with Crippen LogP contribution in [-0.4, -0.2) is 16.9 Å². The van der Waals surface area contributed by atoms with Crippen LogP contribution in [0.5, 0.6) is 0 Å². The van der Waals surface area contributed by atoms with Crippen LogP contribution >= 0.6 is 0 Å². The van der Waals surface area contributed by atoms with Gasteiger partial charge in [0.2, 0.25) is 0 Å². The normalized spacial score (nSPS) is 22.7. The third-order valence-corrected chi connectivity index (χ3v) is 4.36. The molecule has 1 unspecified atom stereocenters. The Morgan fingerprint density at radius 1 is 1.15 bits per heavy atom. The number of carbonyl (C=O) groups is 2. The molecule has 0 amide bonds. The van der Waals surface area contributed by atoms with Gasteiger partial charge in [0.05, 0.1) is 0 Å². The second kappa shape index (κ2) is 6.69. The number of aliphatic carboxylic acids is 1. The first-order valence-corrected chi connectivity index (χ1v) is 7.46. The Kier molecular flexibility index (Phi) is 4.94. The van der Waals surface area contributed by atoms with Gasteiger partial charge in [-0.3, -0.25) is 9.59 Å². The first kappa shape index (κ1) is 14.8. The zero-order valence-electron chi connectivity index (χ0n) is 11.8. The lowest BCUT2D eigenvalue weighted by Crippen LogP contribution is -2.41. The van der Waals surface area contributed by atoms with Crippen molar-refractivity contribution in [3.05, 3.63) is 35.9 Å². The highest BCUT2D eigenvalue weighted by molar-refractivity contribution is 6.03. The smallest absolute Gasteiger partial charge is 0.317 e. The van der Waals surface area contributed by atoms with Crippen LogP contribution in [0.2, 0.25) is 0 Å². The number of aryl methyl sites for hydroxylation is 1. The van der Waals surface area contributed by atoms with Crippen LogP contribution in [0.15, 0.2) is 30.3 Å². The molecule has 3 heteroatoms. The van der Waals surface area contributed by atoms with Gasteiger partial charge in [-0.2, -0.15) is 0 Å². The van der Waals surface area contributed by atoms with Crippen LogP contribution < -0.4 is 0 Å². The summed E-state index contributed by atoms with van der Waals surface area (Å²) in [5.41, 5.74) is 0.182. The number of Topliss-reactive ketones (excluding diaryl/α,β-unsaturated/α-hetero) is 1. The molecule has 0 radical (unpaired) electrons. The Morgan fingerprint density at radius 2 is 1.90 bits per heavy atom. The topological polar surface area (TPSA) is 54.4 Å². The Hall–Kier alpha value is -1.64. The standard InChI is InChI=1S/C17H22O3/c18-15-11-5-7-13-17(15,16(19)20)12-6-4-10-14-8-2-1-3-9-14/h1-3,8-9H,4-7,10-13H2,(H,19,20). The molecule has 0 aliphatic heterocycles. The average molecular weight is 274 g/mol. The monoisotopic (exact) mass is 274 g/mol. The molecule has 1 aromatic rings. The minimum absolute atomic E-state index is 0.0593. The molecule has 1 aliphatic rings. The van der Waals surface area contributed by atoms with Crippen molar-refractivity contribution in [3.8, 4) is 0 Å². The van der Waals surface area contributed by atoms with E-state index in [1.807, 2.05) is 18.2 Å². The summed E-state index contributed by atoms with van der Waals surface area (Å²) in [6.07, 6.45) is 5.84. The molecule has 1 saturated carbocycles. The first-order chi connectivity index (χ1) is 9.65. The number of unbranched alkanes of at least 4 members (excludes halogenated alkanes) is 1. The van der Waals surface area contributed by atoms with Crippen molar-refractivity contribution in [3.63, 3.8) is 0 Å². The molecule has 2 rings (SSSR count). The SMILES string of the molecule is O=C(O)C1(CCCCc2ccccc2)CCCCC1=O. The van der Waals surface area contributed by atoms with Gasteiger partial charge in [0.15, 0.2) is 0 Å². The molecule has 1 aromatic carbocycles. The van der Waals surface area contributed by atoms with Crippen LogP contribution in [0, 0.1) is 5.41 Å². The first-order valence-electron chi connectivity index (χ1n) is 7.46. The zero-order valence-corrected chi connectivity index (χ0v) is 11.8. The van der Waals surface area contributed by atoms with E-state index in [9.17, 15) is 14.7 Å². The van der Waals surface area contributed by atoms with E-state index in [0.717, 1.165) is 32.1 Å². The van der Waals surface area contributed by atoms with E-state index in [1.54, 1.807) is 0 Å². The molecular formula is C17H22O3. The highest BCUT2D eigenvalue weighted by atomic mass is 16.4. The van der Waals surface area contributed by atoms with Crippen LogP contribution in [0.4, 0.5) is 0 Å². The third-order valence-electron chi connectivity index (χ3n) is 4.36. The number of carboxylic acid groups (broad SMARTS) is 1. The summed E-state index contributed by atoms with van der Waals surface area (Å²) in [4.78, 5) is 23.6. The van der Waals surface area contributed by atoms with Gasteiger partial charge in [-0.25, -0.2) is 0 Å². The van der Waals surface area contributed by atoms with E-state index in [4.69, 9.17) is 0 Å². The number of carbonyl (C=O) groups excluding carboxylic acids is 1. The van der Waals surface area contributed by atoms with Crippen LogP contribution in [0.1, 0.15) is 50.5 Å². The highest BCUT2D eigenvalue weighted by Gasteiger charge is 2.45. The summed E-state index contributed by atoms with van der Waals surface area (Å²) in [7, 11) is 0. The molecule has 108 valence electrons. The fourth-order valence-corrected chi connectivity index (χ4v) is 3.09. The molecule has 0 saturated heterocycles. The minimum atomic E-state index is -1.09. The molecule has 20 heavy (non-hydrogen) atoms. The van der Waals surface area contributed by atoms with Gasteiger partial charge in [-0.05, 0) is 37.7 Å². The summed E-state index contributed by atoms with van der Waals surface area (Å²) in [5, 5.41) is 9.45. The van der Waals surface area contributed by atoms with Crippen molar-refractivity contribution >= 4 is 11.8 Å². The fourth-order valence-electron chi connectivity index (χ4n) is 3.09. The van der Waals surface area contributed by atoms with E-state index in [0.29, 0.717) is 19.3 Å². The second-order valence-electron chi connectivity index (χ2n) is 5.71. The molecule has 0 spiro atoms. The molecule has 0 bridgehead atoms. The molecule has 3 nitrogen and oxygen atoms in total. The molecule has 1 aliphatic carbocycles. The van der Waals surface area contributed by atoms with Crippen molar-refractivity contribution in [2.24, 2.45) is 5.41 Å². The van der Waals surface area contributed by atoms with Crippen LogP contribution in [0.25, 0.3) is 0 Å². The quantitative estimate of drug-likeness (QED) is 0.637. The van der Waals surface area contributed by atoms with Crippen molar-refractivity contribution in [2.45, 2.75) is 51.4 Å². The number of hydrogen-bond acceptors (Lipinski definition) is 2. The maximum atomic E-state index is 12.0. The maximum absolute atomic E-state index is 12.0. The lowest BCUT2D eigenvalue weighted by atomic mass is 9.70. The lowest BCUT2D eigenvalue weighted by Gasteiger charge is -2.31. The van der Waals surface area contributed by atoms with Gasteiger partial charge in [-0.15, -0.1) is 0 Å². The molecule has 1 atom stereocenters. The summed E-state index contributed by atoms with van der Waals surface area (Å²) in [5.74, 6) is -0.974. The molecular weight excluding hydrogens is 252 g/mol. The number of ketones is 1. The third kappa shape index (κ3) is 3.27. The summed E-state index contributed by atoms with van der Waals surface area (Å²) >= 11 is 0. The van der Waals surface area contributed by atoms with E-state index in [1.165, 1.54) is 5.56 Å². The van der Waals surface area contributed by atoms with E-state index < -0.39 is 11.4 Å². The molecule has 0 aromatic heterocycles. The Labute approximate surface area is 120 Å². The second-order valence-corrected chi connectivity index (χ2v) is 5.71. The highest BCUT2D eigenvalue weighted by Crippen LogP contribution is 2.38. The Bertz CT molecular complexity index is 466. The predicted molar refractivity (Wildman–Crippen MR) is 77.5 cm³/mol. The van der Waals surface area contributed by atoms with E-state index in [-0.39, 0.29) is 5.78 Å². The number of carboxylic acids is 1. The van der Waals surface area contributed by atoms with E-state index in [2.05, 4.69) is 12.1 Å². The largest absolute Gasteiger partial charge is 0.480 e. The predicted octanol–water partition coefficient (Wildman–Crippen LogP) is 3.61. The van der Waals surface area contributed by atoms with Crippen molar-refractivity contribution in [1.29, 1.82) is 0 Å². The van der Waals surface area contributed by atoms with Gasteiger partial charge >= 0.3 is 5.97 Å². The molecule has 0 heterocycles. The van der Waals surface area contributed by atoms with Crippen molar-refractivity contribution in [1.82, 2.24) is 0 Å². The van der Waals surface area contributed by atoms with E-state index >= 15 is 0 Å². The Morgan fingerprint density at radius 3 is 2.55 bits per heavy atom. The lowest BCUT2D eigenvalue weighted by molar-refractivity contribution is -0.157. The van der Waals surface area contributed by atoms with Crippen molar-refractivity contribution < 1.29 is 14.7 Å². The summed E-state index contributed by atoms with van der Waals surface area (Å²) < 4.78 is 0. The van der Waals surface area contributed by atoms with Crippen LogP contribution in [0.3, 0.4) is 0 Å². The molecule has 1 N–H and O–H groups in total. The summed E-state index contributed by atoms with van der Waals surface area (Å²) in [6.45, 7) is 0. The minimum Gasteiger partial charge on any atom is -0.480 e. The number of benzene rings is 1. The van der Waals surface area contributed by atoms with Gasteiger partial charge < -0.3 is 5.11 Å². The maximum Gasteiger partial charge on any atom is 0.317 e. The Balaban J connectivity index is 1.87. The zero-order chi connectivity index (χ0) is 14.4. The van der Waals surface area contributed by atoms with Crippen molar-refractivity contribution in [2.75, 3.05) is 0 Å². The fraction of sp³-hybridized carbons (Fsp3) is 0.529. The average Bonchev–Trinajstić information content (AvgIpc) is 2.46. The van der Waals surface area contributed by atoms with Crippen LogP contribution in [-0.2, 0) is 16.0 Å². The number of rotatable bonds is 6. The van der Waals surface area contributed by atoms with Gasteiger partial charge in [0, 0.05) is 6.42 Å². The summed E-state index contributed by atoms with van der Waals surface area (Å²) in [6, 6.07) is 10.2. The van der Waals surface area contributed by atoms with Gasteiger partial charge in [-0.1, -0.05) is 43.2 Å².